The number of rotatable bonds is 5. The van der Waals surface area contributed by atoms with Gasteiger partial charge in [-0.2, -0.15) is 0 Å². The summed E-state index contributed by atoms with van der Waals surface area (Å²) in [6.45, 7) is 5.53. The molecule has 7 heteroatoms. The first-order valence-electron chi connectivity index (χ1n) is 8.78. The van der Waals surface area contributed by atoms with Crippen LogP contribution in [0.5, 0.6) is 0 Å². The Labute approximate surface area is 163 Å². The van der Waals surface area contributed by atoms with E-state index in [4.69, 9.17) is 4.74 Å². The van der Waals surface area contributed by atoms with Crippen LogP contribution in [-0.4, -0.2) is 26.2 Å². The number of alkyl carbamates (subject to hydrolysis) is 1. The highest BCUT2D eigenvalue weighted by Gasteiger charge is 2.25. The molecular weight excluding hydrogens is 360 g/mol. The van der Waals surface area contributed by atoms with E-state index < -0.39 is 11.7 Å². The molecule has 0 fully saturated rings. The predicted molar refractivity (Wildman–Crippen MR) is 107 cm³/mol. The van der Waals surface area contributed by atoms with Gasteiger partial charge in [-0.3, -0.25) is 4.98 Å². The zero-order chi connectivity index (χ0) is 19.4. The van der Waals surface area contributed by atoms with Gasteiger partial charge >= 0.3 is 6.09 Å². The normalized spacial score (nSPS) is 12.6. The summed E-state index contributed by atoms with van der Waals surface area (Å²) in [6.07, 6.45) is 3.64. The topological polar surface area (TPSA) is 69.0 Å². The Morgan fingerprint density at radius 2 is 2.07 bits per heavy atom. The van der Waals surface area contributed by atoms with E-state index in [0.717, 1.165) is 22.1 Å². The third-order valence-corrected chi connectivity index (χ3v) is 4.83. The van der Waals surface area contributed by atoms with E-state index >= 15 is 0 Å². The number of thiophene rings is 1. The number of carbonyl (C=O) groups is 1. The lowest BCUT2D eigenvalue weighted by Crippen LogP contribution is -2.36. The molecule has 0 saturated carbocycles. The minimum atomic E-state index is -0.566. The van der Waals surface area contributed by atoms with Crippen molar-refractivity contribution in [3.05, 3.63) is 59.6 Å². The number of amides is 1. The summed E-state index contributed by atoms with van der Waals surface area (Å²) in [5, 5.41) is 4.99. The summed E-state index contributed by atoms with van der Waals surface area (Å²) >= 11 is 1.66. The van der Waals surface area contributed by atoms with Crippen molar-refractivity contribution in [1.29, 1.82) is 0 Å². The first-order valence-corrected chi connectivity index (χ1v) is 9.66. The van der Waals surface area contributed by atoms with Crippen LogP contribution in [-0.2, 0) is 18.2 Å². The molecule has 0 aromatic carbocycles. The molecule has 6 nitrogen and oxygen atoms in total. The van der Waals surface area contributed by atoms with E-state index in [-0.39, 0.29) is 6.04 Å². The maximum atomic E-state index is 12.4. The standard InChI is InChI=1S/C20H24N4O2S/c1-20(2,3)26-19(25)23-15(12-14-8-5-6-10-21-14)18-22-13-16(24(18)4)17-9-7-11-27-17/h5-11,13,15H,12H2,1-4H3,(H,23,25). The summed E-state index contributed by atoms with van der Waals surface area (Å²) in [5.41, 5.74) is 1.32. The van der Waals surface area contributed by atoms with E-state index in [1.54, 1.807) is 17.5 Å². The molecule has 1 unspecified atom stereocenters. The maximum Gasteiger partial charge on any atom is 0.408 e. The van der Waals surface area contributed by atoms with Gasteiger partial charge in [0.2, 0.25) is 0 Å². The molecule has 0 radical (unpaired) electrons. The Morgan fingerprint density at radius 1 is 1.26 bits per heavy atom. The fraction of sp³-hybridized carbons (Fsp3) is 0.350. The van der Waals surface area contributed by atoms with Gasteiger partial charge in [0, 0.05) is 25.4 Å². The largest absolute Gasteiger partial charge is 0.444 e. The minimum Gasteiger partial charge on any atom is -0.444 e. The Kier molecular flexibility index (Phi) is 5.60. The van der Waals surface area contributed by atoms with Crippen LogP contribution in [0.3, 0.4) is 0 Å². The van der Waals surface area contributed by atoms with Gasteiger partial charge < -0.3 is 14.6 Å². The summed E-state index contributed by atoms with van der Waals surface area (Å²) in [5.74, 6) is 0.759. The van der Waals surface area contributed by atoms with Gasteiger partial charge in [0.1, 0.15) is 11.4 Å². The van der Waals surface area contributed by atoms with Crippen LogP contribution in [0.25, 0.3) is 10.6 Å². The van der Waals surface area contributed by atoms with Crippen molar-refractivity contribution in [2.24, 2.45) is 7.05 Å². The number of nitrogens with one attached hydrogen (secondary N) is 1. The van der Waals surface area contributed by atoms with Gasteiger partial charge in [-0.1, -0.05) is 12.1 Å². The molecule has 3 aromatic heterocycles. The molecule has 0 bridgehead atoms. The van der Waals surface area contributed by atoms with Crippen LogP contribution in [0.2, 0.25) is 0 Å². The number of hydrogen-bond donors (Lipinski definition) is 1. The quantitative estimate of drug-likeness (QED) is 0.710. The number of hydrogen-bond acceptors (Lipinski definition) is 5. The molecule has 27 heavy (non-hydrogen) atoms. The number of aromatic nitrogens is 3. The Hall–Kier alpha value is -2.67. The summed E-state index contributed by atoms with van der Waals surface area (Å²) in [6, 6.07) is 9.45. The molecular formula is C20H24N4O2S. The molecule has 1 atom stereocenters. The van der Waals surface area contributed by atoms with Gasteiger partial charge in [0.15, 0.2) is 0 Å². The third-order valence-electron chi connectivity index (χ3n) is 3.94. The minimum absolute atomic E-state index is 0.353. The lowest BCUT2D eigenvalue weighted by molar-refractivity contribution is 0.0500. The van der Waals surface area contributed by atoms with E-state index in [0.29, 0.717) is 6.42 Å². The zero-order valence-electron chi connectivity index (χ0n) is 16.0. The lowest BCUT2D eigenvalue weighted by Gasteiger charge is -2.23. The summed E-state index contributed by atoms with van der Waals surface area (Å²) in [7, 11) is 1.96. The fourth-order valence-corrected chi connectivity index (χ4v) is 3.56. The van der Waals surface area contributed by atoms with Gasteiger partial charge in [0.05, 0.1) is 22.8 Å². The molecule has 0 spiro atoms. The average Bonchev–Trinajstić information content (AvgIpc) is 3.23. The Balaban J connectivity index is 1.88. The van der Waals surface area contributed by atoms with Crippen LogP contribution in [0.15, 0.2) is 48.1 Å². The number of nitrogens with zero attached hydrogens (tertiary/aromatic N) is 3. The number of carbonyl (C=O) groups excluding carboxylic acids is 1. The van der Waals surface area contributed by atoms with Crippen molar-refractivity contribution in [3.63, 3.8) is 0 Å². The number of pyridine rings is 1. The third kappa shape index (κ3) is 4.95. The van der Waals surface area contributed by atoms with Gasteiger partial charge in [-0.05, 0) is 44.4 Å². The fourth-order valence-electron chi connectivity index (χ4n) is 2.79. The molecule has 1 N–H and O–H groups in total. The predicted octanol–water partition coefficient (Wildman–Crippen LogP) is 4.35. The highest BCUT2D eigenvalue weighted by atomic mass is 32.1. The second-order valence-electron chi connectivity index (χ2n) is 7.26. The monoisotopic (exact) mass is 384 g/mol. The van der Waals surface area contributed by atoms with Crippen LogP contribution >= 0.6 is 11.3 Å². The SMILES string of the molecule is Cn1c(-c2cccs2)cnc1C(Cc1ccccn1)NC(=O)OC(C)(C)C. The van der Waals surface area contributed by atoms with Crippen molar-refractivity contribution in [2.75, 3.05) is 0 Å². The lowest BCUT2D eigenvalue weighted by atomic mass is 10.1. The van der Waals surface area contributed by atoms with Gasteiger partial charge in [-0.25, -0.2) is 9.78 Å². The van der Waals surface area contributed by atoms with E-state index in [2.05, 4.69) is 21.4 Å². The average molecular weight is 385 g/mol. The molecule has 0 saturated heterocycles. The van der Waals surface area contributed by atoms with Gasteiger partial charge in [0.25, 0.3) is 0 Å². The molecule has 142 valence electrons. The number of imidazole rings is 1. The Morgan fingerprint density at radius 3 is 2.70 bits per heavy atom. The highest BCUT2D eigenvalue weighted by molar-refractivity contribution is 7.13. The smallest absolute Gasteiger partial charge is 0.408 e. The van der Waals surface area contributed by atoms with E-state index in [9.17, 15) is 4.79 Å². The van der Waals surface area contributed by atoms with Crippen LogP contribution in [0.4, 0.5) is 4.79 Å². The van der Waals surface area contributed by atoms with E-state index in [1.165, 1.54) is 0 Å². The van der Waals surface area contributed by atoms with Crippen molar-refractivity contribution in [1.82, 2.24) is 19.9 Å². The highest BCUT2D eigenvalue weighted by Crippen LogP contribution is 2.27. The van der Waals surface area contributed by atoms with Crippen molar-refractivity contribution in [2.45, 2.75) is 38.8 Å². The molecule has 0 aliphatic rings. The second-order valence-corrected chi connectivity index (χ2v) is 8.21. The first-order chi connectivity index (χ1) is 12.8. The van der Waals surface area contributed by atoms with Crippen LogP contribution in [0, 0.1) is 0 Å². The second kappa shape index (κ2) is 7.92. The first kappa shape index (κ1) is 19.1. The van der Waals surface area contributed by atoms with Crippen molar-refractivity contribution >= 4 is 17.4 Å². The van der Waals surface area contributed by atoms with E-state index in [1.807, 2.05) is 68.2 Å². The van der Waals surface area contributed by atoms with Crippen LogP contribution in [0.1, 0.15) is 38.3 Å². The van der Waals surface area contributed by atoms with Crippen LogP contribution < -0.4 is 5.32 Å². The Bertz CT molecular complexity index is 883. The molecule has 3 rings (SSSR count). The number of ether oxygens (including phenoxy) is 1. The van der Waals surface area contributed by atoms with Gasteiger partial charge in [-0.15, -0.1) is 11.3 Å². The molecule has 3 heterocycles. The maximum absolute atomic E-state index is 12.4. The molecule has 0 aliphatic carbocycles. The molecule has 3 aromatic rings. The van der Waals surface area contributed by atoms with Crippen molar-refractivity contribution < 1.29 is 9.53 Å². The summed E-state index contributed by atoms with van der Waals surface area (Å²) in [4.78, 5) is 22.5. The molecule has 0 aliphatic heterocycles. The van der Waals surface area contributed by atoms with Crippen molar-refractivity contribution in [3.8, 4) is 10.6 Å². The summed E-state index contributed by atoms with van der Waals surface area (Å²) < 4.78 is 7.45. The zero-order valence-corrected chi connectivity index (χ0v) is 16.8. The molecule has 1 amide bonds.